The maximum absolute atomic E-state index is 4.55. The van der Waals surface area contributed by atoms with Crippen LogP contribution < -0.4 is 5.32 Å². The van der Waals surface area contributed by atoms with Crippen molar-refractivity contribution in [2.75, 3.05) is 38.3 Å². The standard InChI is InChI=1S/C13H24N4S/c1-5-7-14-12-10-13(16-11(6-2)15-12)18-9-8-17(3)4/h10H,5-9H2,1-4H3,(H,14,15,16). The van der Waals surface area contributed by atoms with Gasteiger partial charge < -0.3 is 10.2 Å². The highest BCUT2D eigenvalue weighted by Gasteiger charge is 2.04. The molecule has 102 valence electrons. The molecular formula is C13H24N4S. The predicted molar refractivity (Wildman–Crippen MR) is 79.5 cm³/mol. The molecule has 5 heteroatoms. The third-order valence-corrected chi connectivity index (χ3v) is 3.30. The van der Waals surface area contributed by atoms with Gasteiger partial charge in [0.2, 0.25) is 0 Å². The largest absolute Gasteiger partial charge is 0.370 e. The van der Waals surface area contributed by atoms with Crippen LogP contribution in [0.1, 0.15) is 26.1 Å². The molecule has 0 aliphatic carbocycles. The molecular weight excluding hydrogens is 244 g/mol. The van der Waals surface area contributed by atoms with E-state index in [1.54, 1.807) is 11.8 Å². The second-order valence-electron chi connectivity index (χ2n) is 4.44. The maximum atomic E-state index is 4.55. The highest BCUT2D eigenvalue weighted by atomic mass is 32.2. The second-order valence-corrected chi connectivity index (χ2v) is 5.55. The molecule has 0 bridgehead atoms. The molecule has 1 aromatic heterocycles. The van der Waals surface area contributed by atoms with Gasteiger partial charge in [-0.3, -0.25) is 0 Å². The molecule has 1 rings (SSSR count). The number of nitrogens with one attached hydrogen (secondary N) is 1. The summed E-state index contributed by atoms with van der Waals surface area (Å²) in [5.74, 6) is 2.93. The van der Waals surface area contributed by atoms with Crippen molar-refractivity contribution in [1.82, 2.24) is 14.9 Å². The van der Waals surface area contributed by atoms with E-state index in [9.17, 15) is 0 Å². The van der Waals surface area contributed by atoms with E-state index in [1.165, 1.54) is 0 Å². The SMILES string of the molecule is CCCNc1cc(SCCN(C)C)nc(CC)n1. The number of hydrogen-bond acceptors (Lipinski definition) is 5. The van der Waals surface area contributed by atoms with Crippen molar-refractivity contribution in [2.24, 2.45) is 0 Å². The molecule has 0 aliphatic heterocycles. The van der Waals surface area contributed by atoms with Crippen LogP contribution in [-0.2, 0) is 6.42 Å². The first-order valence-corrected chi connectivity index (χ1v) is 7.53. The fourth-order valence-electron chi connectivity index (χ4n) is 1.38. The third kappa shape index (κ3) is 5.69. The summed E-state index contributed by atoms with van der Waals surface area (Å²) in [6.07, 6.45) is 1.98. The summed E-state index contributed by atoms with van der Waals surface area (Å²) in [4.78, 5) is 11.2. The molecule has 0 fully saturated rings. The maximum Gasteiger partial charge on any atom is 0.131 e. The lowest BCUT2D eigenvalue weighted by atomic mass is 10.4. The molecule has 1 aromatic rings. The van der Waals surface area contributed by atoms with Crippen LogP contribution in [0.25, 0.3) is 0 Å². The summed E-state index contributed by atoms with van der Waals surface area (Å²) < 4.78 is 0. The molecule has 4 nitrogen and oxygen atoms in total. The van der Waals surface area contributed by atoms with Gasteiger partial charge in [0.25, 0.3) is 0 Å². The number of rotatable bonds is 8. The molecule has 0 atom stereocenters. The van der Waals surface area contributed by atoms with Gasteiger partial charge in [0, 0.05) is 31.3 Å². The van der Waals surface area contributed by atoms with Gasteiger partial charge in [-0.2, -0.15) is 0 Å². The molecule has 0 saturated carbocycles. The Bertz CT molecular complexity index is 355. The van der Waals surface area contributed by atoms with Crippen LogP contribution in [0.5, 0.6) is 0 Å². The third-order valence-electron chi connectivity index (χ3n) is 2.41. The van der Waals surface area contributed by atoms with Crippen LogP contribution >= 0.6 is 11.8 Å². The van der Waals surface area contributed by atoms with Gasteiger partial charge in [0.05, 0.1) is 0 Å². The highest BCUT2D eigenvalue weighted by molar-refractivity contribution is 7.99. The lowest BCUT2D eigenvalue weighted by Gasteiger charge is -2.10. The van der Waals surface area contributed by atoms with Gasteiger partial charge in [0.15, 0.2) is 0 Å². The lowest BCUT2D eigenvalue weighted by Crippen LogP contribution is -2.15. The number of aromatic nitrogens is 2. The quantitative estimate of drug-likeness (QED) is 0.579. The first kappa shape index (κ1) is 15.2. The number of thioether (sulfide) groups is 1. The van der Waals surface area contributed by atoms with E-state index < -0.39 is 0 Å². The van der Waals surface area contributed by atoms with E-state index in [0.717, 1.165) is 48.4 Å². The van der Waals surface area contributed by atoms with E-state index in [-0.39, 0.29) is 0 Å². The van der Waals surface area contributed by atoms with Crippen molar-refractivity contribution in [3.63, 3.8) is 0 Å². The van der Waals surface area contributed by atoms with Crippen molar-refractivity contribution >= 4 is 17.6 Å². The van der Waals surface area contributed by atoms with Crippen LogP contribution in [0.4, 0.5) is 5.82 Å². The summed E-state index contributed by atoms with van der Waals surface area (Å²) in [5, 5.41) is 4.41. The second kappa shape index (κ2) is 8.32. The molecule has 1 heterocycles. The zero-order valence-electron chi connectivity index (χ0n) is 11.9. The van der Waals surface area contributed by atoms with Gasteiger partial charge in [-0.15, -0.1) is 11.8 Å². The Balaban J connectivity index is 2.64. The molecule has 0 aromatic carbocycles. The summed E-state index contributed by atoms with van der Waals surface area (Å²) in [6, 6.07) is 2.05. The average Bonchev–Trinajstić information content (AvgIpc) is 2.35. The Morgan fingerprint density at radius 2 is 2.06 bits per heavy atom. The van der Waals surface area contributed by atoms with Gasteiger partial charge in [-0.1, -0.05) is 13.8 Å². The number of hydrogen-bond donors (Lipinski definition) is 1. The van der Waals surface area contributed by atoms with Crippen molar-refractivity contribution in [3.8, 4) is 0 Å². The first-order valence-electron chi connectivity index (χ1n) is 6.55. The molecule has 0 amide bonds. The minimum Gasteiger partial charge on any atom is -0.370 e. The Kier molecular flexibility index (Phi) is 7.05. The van der Waals surface area contributed by atoms with Crippen LogP contribution in [0.3, 0.4) is 0 Å². The van der Waals surface area contributed by atoms with Crippen molar-refractivity contribution < 1.29 is 0 Å². The van der Waals surface area contributed by atoms with Crippen LogP contribution in [0.2, 0.25) is 0 Å². The fraction of sp³-hybridized carbons (Fsp3) is 0.692. The normalized spacial score (nSPS) is 10.9. The van der Waals surface area contributed by atoms with E-state index in [1.807, 2.05) is 0 Å². The van der Waals surface area contributed by atoms with E-state index >= 15 is 0 Å². The van der Waals surface area contributed by atoms with Crippen LogP contribution in [-0.4, -0.2) is 47.8 Å². The monoisotopic (exact) mass is 268 g/mol. The zero-order valence-corrected chi connectivity index (χ0v) is 12.7. The molecule has 1 N–H and O–H groups in total. The predicted octanol–water partition coefficient (Wildman–Crippen LogP) is 2.51. The highest BCUT2D eigenvalue weighted by Crippen LogP contribution is 2.18. The summed E-state index contributed by atoms with van der Waals surface area (Å²) in [6.45, 7) is 6.27. The Morgan fingerprint density at radius 3 is 2.67 bits per heavy atom. The molecule has 0 aliphatic rings. The number of aryl methyl sites for hydroxylation is 1. The molecule has 0 radical (unpaired) electrons. The molecule has 18 heavy (non-hydrogen) atoms. The van der Waals surface area contributed by atoms with Crippen molar-refractivity contribution in [1.29, 1.82) is 0 Å². The minimum absolute atomic E-state index is 0.878. The van der Waals surface area contributed by atoms with Crippen molar-refractivity contribution in [2.45, 2.75) is 31.7 Å². The first-order chi connectivity index (χ1) is 8.65. The Labute approximate surface area is 115 Å². The van der Waals surface area contributed by atoms with Crippen LogP contribution in [0, 0.1) is 0 Å². The molecule has 0 unspecified atom stereocenters. The topological polar surface area (TPSA) is 41.0 Å². The van der Waals surface area contributed by atoms with Crippen molar-refractivity contribution in [3.05, 3.63) is 11.9 Å². The van der Waals surface area contributed by atoms with Gasteiger partial charge in [-0.05, 0) is 20.5 Å². The number of nitrogens with zero attached hydrogens (tertiary/aromatic N) is 3. The molecule has 0 spiro atoms. The van der Waals surface area contributed by atoms with Gasteiger partial charge in [0.1, 0.15) is 16.7 Å². The van der Waals surface area contributed by atoms with E-state index in [2.05, 4.69) is 54.2 Å². The Morgan fingerprint density at radius 1 is 1.28 bits per heavy atom. The van der Waals surface area contributed by atoms with E-state index in [4.69, 9.17) is 0 Å². The molecule has 0 saturated heterocycles. The summed E-state index contributed by atoms with van der Waals surface area (Å²) in [5.41, 5.74) is 0. The van der Waals surface area contributed by atoms with Gasteiger partial charge >= 0.3 is 0 Å². The minimum atomic E-state index is 0.878. The fourth-order valence-corrected chi connectivity index (χ4v) is 2.41. The van der Waals surface area contributed by atoms with E-state index in [0.29, 0.717) is 0 Å². The average molecular weight is 268 g/mol. The Hall–Kier alpha value is -0.810. The summed E-state index contributed by atoms with van der Waals surface area (Å²) in [7, 11) is 4.18. The zero-order chi connectivity index (χ0) is 13.4. The lowest BCUT2D eigenvalue weighted by molar-refractivity contribution is 0.437. The smallest absolute Gasteiger partial charge is 0.131 e. The van der Waals surface area contributed by atoms with Crippen LogP contribution in [0.15, 0.2) is 11.1 Å². The summed E-state index contributed by atoms with van der Waals surface area (Å²) >= 11 is 1.79. The number of anilines is 1. The van der Waals surface area contributed by atoms with Gasteiger partial charge in [-0.25, -0.2) is 9.97 Å².